The normalized spacial score (nSPS) is 11.9. The molecule has 37 heavy (non-hydrogen) atoms. The SMILES string of the molecule is COc1cccc(CN(C(=O)COc2cccc(C)c2C)C(Cc2ccccc2)C(=O)NC(C)(C)C)c1. The van der Waals surface area contributed by atoms with Crippen LogP contribution in [0.15, 0.2) is 72.8 Å². The molecule has 196 valence electrons. The van der Waals surface area contributed by atoms with E-state index in [0.29, 0.717) is 17.9 Å². The predicted octanol–water partition coefficient (Wildman–Crippen LogP) is 5.25. The molecule has 0 aliphatic carbocycles. The minimum atomic E-state index is -0.734. The summed E-state index contributed by atoms with van der Waals surface area (Å²) in [6.07, 6.45) is 0.377. The Balaban J connectivity index is 1.96. The molecule has 0 fully saturated rings. The zero-order chi connectivity index (χ0) is 27.0. The molecule has 0 aliphatic heterocycles. The molecule has 3 aromatic rings. The smallest absolute Gasteiger partial charge is 0.261 e. The Morgan fingerprint density at radius 1 is 0.919 bits per heavy atom. The monoisotopic (exact) mass is 502 g/mol. The van der Waals surface area contributed by atoms with Gasteiger partial charge < -0.3 is 19.7 Å². The van der Waals surface area contributed by atoms with Crippen molar-refractivity contribution < 1.29 is 19.1 Å². The first-order valence-corrected chi connectivity index (χ1v) is 12.5. The Morgan fingerprint density at radius 2 is 1.59 bits per heavy atom. The first-order chi connectivity index (χ1) is 17.6. The summed E-state index contributed by atoms with van der Waals surface area (Å²) in [6, 6.07) is 22.3. The van der Waals surface area contributed by atoms with Gasteiger partial charge in [0.05, 0.1) is 7.11 Å². The van der Waals surface area contributed by atoms with Gasteiger partial charge in [0.25, 0.3) is 5.91 Å². The summed E-state index contributed by atoms with van der Waals surface area (Å²) in [5.41, 5.74) is 3.45. The van der Waals surface area contributed by atoms with Gasteiger partial charge in [0.2, 0.25) is 5.91 Å². The van der Waals surface area contributed by atoms with Crippen LogP contribution in [-0.4, -0.2) is 42.0 Å². The molecule has 0 saturated heterocycles. The van der Waals surface area contributed by atoms with E-state index in [1.165, 1.54) is 0 Å². The van der Waals surface area contributed by atoms with Gasteiger partial charge in [-0.25, -0.2) is 0 Å². The van der Waals surface area contributed by atoms with E-state index in [1.54, 1.807) is 12.0 Å². The van der Waals surface area contributed by atoms with Crippen molar-refractivity contribution in [3.63, 3.8) is 0 Å². The van der Waals surface area contributed by atoms with Crippen molar-refractivity contribution in [2.24, 2.45) is 0 Å². The second-order valence-corrected chi connectivity index (χ2v) is 10.3. The zero-order valence-electron chi connectivity index (χ0n) is 22.7. The standard InChI is InChI=1S/C31H38N2O4/c1-22-12-10-17-28(23(22)2)37-21-29(34)33(20-25-15-11-16-26(18-25)36-6)27(30(35)32-31(3,4)5)19-24-13-8-7-9-14-24/h7-18,27H,19-21H2,1-6H3,(H,32,35). The minimum Gasteiger partial charge on any atom is -0.497 e. The fourth-order valence-electron chi connectivity index (χ4n) is 4.08. The second kappa shape index (κ2) is 12.4. The topological polar surface area (TPSA) is 67.9 Å². The number of aryl methyl sites for hydroxylation is 1. The third-order valence-corrected chi connectivity index (χ3v) is 6.16. The lowest BCUT2D eigenvalue weighted by atomic mass is 10.0. The number of nitrogens with zero attached hydrogens (tertiary/aromatic N) is 1. The van der Waals surface area contributed by atoms with Crippen molar-refractivity contribution in [3.8, 4) is 11.5 Å². The van der Waals surface area contributed by atoms with Crippen LogP contribution in [-0.2, 0) is 22.6 Å². The second-order valence-electron chi connectivity index (χ2n) is 10.3. The molecular formula is C31H38N2O4. The molecule has 0 aliphatic rings. The van der Waals surface area contributed by atoms with Crippen molar-refractivity contribution in [2.45, 2.75) is 59.2 Å². The van der Waals surface area contributed by atoms with Gasteiger partial charge in [0.15, 0.2) is 6.61 Å². The van der Waals surface area contributed by atoms with Gasteiger partial charge in [0, 0.05) is 18.5 Å². The Bertz CT molecular complexity index is 1200. The van der Waals surface area contributed by atoms with E-state index in [0.717, 1.165) is 22.3 Å². The molecule has 6 nitrogen and oxygen atoms in total. The highest BCUT2D eigenvalue weighted by atomic mass is 16.5. The molecule has 0 spiro atoms. The number of rotatable bonds is 10. The number of ether oxygens (including phenoxy) is 2. The molecular weight excluding hydrogens is 464 g/mol. The molecule has 6 heteroatoms. The zero-order valence-corrected chi connectivity index (χ0v) is 22.7. The molecule has 1 unspecified atom stereocenters. The van der Waals surface area contributed by atoms with Crippen molar-refractivity contribution in [2.75, 3.05) is 13.7 Å². The molecule has 0 aromatic heterocycles. The Hall–Kier alpha value is -3.80. The van der Waals surface area contributed by atoms with Gasteiger partial charge >= 0.3 is 0 Å². The molecule has 0 saturated carbocycles. The number of methoxy groups -OCH3 is 1. The highest BCUT2D eigenvalue weighted by Crippen LogP contribution is 2.22. The van der Waals surface area contributed by atoms with Gasteiger partial charge in [-0.1, -0.05) is 54.6 Å². The molecule has 1 N–H and O–H groups in total. The lowest BCUT2D eigenvalue weighted by Gasteiger charge is -2.34. The molecule has 2 amide bonds. The number of hydrogen-bond donors (Lipinski definition) is 1. The Morgan fingerprint density at radius 3 is 2.27 bits per heavy atom. The fraction of sp³-hybridized carbons (Fsp3) is 0.355. The summed E-state index contributed by atoms with van der Waals surface area (Å²) in [7, 11) is 1.61. The molecule has 3 rings (SSSR count). The van der Waals surface area contributed by atoms with Gasteiger partial charge in [-0.15, -0.1) is 0 Å². The van der Waals surface area contributed by atoms with Crippen LogP contribution in [0.3, 0.4) is 0 Å². The van der Waals surface area contributed by atoms with Crippen LogP contribution in [0.1, 0.15) is 43.0 Å². The van der Waals surface area contributed by atoms with Gasteiger partial charge in [-0.2, -0.15) is 0 Å². The number of carbonyl (C=O) groups is 2. The maximum Gasteiger partial charge on any atom is 0.261 e. The van der Waals surface area contributed by atoms with E-state index in [-0.39, 0.29) is 25.0 Å². The average Bonchev–Trinajstić information content (AvgIpc) is 2.86. The van der Waals surface area contributed by atoms with Crippen molar-refractivity contribution in [3.05, 3.63) is 95.1 Å². The number of hydrogen-bond acceptors (Lipinski definition) is 4. The van der Waals surface area contributed by atoms with Crippen LogP contribution in [0, 0.1) is 13.8 Å². The van der Waals surface area contributed by atoms with Crippen LogP contribution < -0.4 is 14.8 Å². The van der Waals surface area contributed by atoms with Crippen molar-refractivity contribution >= 4 is 11.8 Å². The highest BCUT2D eigenvalue weighted by Gasteiger charge is 2.32. The first kappa shape index (κ1) is 27.8. The van der Waals surface area contributed by atoms with E-state index in [2.05, 4.69) is 5.32 Å². The maximum absolute atomic E-state index is 13.8. The summed E-state index contributed by atoms with van der Waals surface area (Å²) in [5, 5.41) is 3.08. The minimum absolute atomic E-state index is 0.178. The largest absolute Gasteiger partial charge is 0.497 e. The van der Waals surface area contributed by atoms with Crippen LogP contribution in [0.25, 0.3) is 0 Å². The summed E-state index contributed by atoms with van der Waals surface area (Å²) in [6.45, 7) is 9.83. The van der Waals surface area contributed by atoms with E-state index < -0.39 is 11.6 Å². The van der Waals surface area contributed by atoms with Gasteiger partial charge in [-0.3, -0.25) is 9.59 Å². The number of amides is 2. The lowest BCUT2D eigenvalue weighted by Crippen LogP contribution is -2.55. The summed E-state index contributed by atoms with van der Waals surface area (Å²) < 4.78 is 11.4. The number of carbonyl (C=O) groups excluding carboxylic acids is 2. The molecule has 0 radical (unpaired) electrons. The highest BCUT2D eigenvalue weighted by molar-refractivity contribution is 5.89. The predicted molar refractivity (Wildman–Crippen MR) is 147 cm³/mol. The van der Waals surface area contributed by atoms with Crippen LogP contribution >= 0.6 is 0 Å². The number of nitrogens with one attached hydrogen (secondary N) is 1. The summed E-state index contributed by atoms with van der Waals surface area (Å²) in [5.74, 6) is 0.872. The van der Waals surface area contributed by atoms with Gasteiger partial charge in [-0.05, 0) is 75.1 Å². The fourth-order valence-corrected chi connectivity index (χ4v) is 4.08. The summed E-state index contributed by atoms with van der Waals surface area (Å²) >= 11 is 0. The van der Waals surface area contributed by atoms with E-state index >= 15 is 0 Å². The molecule has 0 heterocycles. The van der Waals surface area contributed by atoms with E-state index in [9.17, 15) is 9.59 Å². The Labute approximate surface area is 220 Å². The van der Waals surface area contributed by atoms with Gasteiger partial charge in [0.1, 0.15) is 17.5 Å². The van der Waals surface area contributed by atoms with Crippen LogP contribution in [0.4, 0.5) is 0 Å². The average molecular weight is 503 g/mol. The molecule has 3 aromatic carbocycles. The lowest BCUT2D eigenvalue weighted by molar-refractivity contribution is -0.143. The first-order valence-electron chi connectivity index (χ1n) is 12.5. The van der Waals surface area contributed by atoms with Crippen molar-refractivity contribution in [1.29, 1.82) is 0 Å². The van der Waals surface area contributed by atoms with Crippen LogP contribution in [0.5, 0.6) is 11.5 Å². The number of benzene rings is 3. The maximum atomic E-state index is 13.8. The van der Waals surface area contributed by atoms with Crippen LogP contribution in [0.2, 0.25) is 0 Å². The third kappa shape index (κ3) is 8.10. The van der Waals surface area contributed by atoms with E-state index in [1.807, 2.05) is 107 Å². The Kier molecular flexibility index (Phi) is 9.34. The van der Waals surface area contributed by atoms with E-state index in [4.69, 9.17) is 9.47 Å². The third-order valence-electron chi connectivity index (χ3n) is 6.16. The molecule has 0 bridgehead atoms. The van der Waals surface area contributed by atoms with Crippen molar-refractivity contribution in [1.82, 2.24) is 10.2 Å². The molecule has 1 atom stereocenters. The quantitative estimate of drug-likeness (QED) is 0.411. The summed E-state index contributed by atoms with van der Waals surface area (Å²) in [4.78, 5) is 29.0.